The summed E-state index contributed by atoms with van der Waals surface area (Å²) in [5, 5.41) is 14.9. The average Bonchev–Trinajstić information content (AvgIpc) is 3.03. The van der Waals surface area contributed by atoms with E-state index in [-0.39, 0.29) is 19.0 Å². The largest absolute Gasteiger partial charge is 0.490 e. The van der Waals surface area contributed by atoms with E-state index in [2.05, 4.69) is 10.1 Å². The molecule has 7 heteroatoms. The standard InChI is InChI=1S/C14H15ClFN3O2/c15-13(5-6-13)14(20,7-19-10-17-9-18-19)8-21-12-3-1-11(16)2-4-12/h1-4,9-10,20H,5-8H2. The van der Waals surface area contributed by atoms with Crippen molar-refractivity contribution in [2.24, 2.45) is 0 Å². The highest BCUT2D eigenvalue weighted by atomic mass is 35.5. The van der Waals surface area contributed by atoms with Gasteiger partial charge < -0.3 is 9.84 Å². The number of hydrogen-bond acceptors (Lipinski definition) is 4. The molecule has 1 aliphatic carbocycles. The monoisotopic (exact) mass is 311 g/mol. The molecule has 0 bridgehead atoms. The van der Waals surface area contributed by atoms with Gasteiger partial charge in [0, 0.05) is 0 Å². The SMILES string of the molecule is OC(COc1ccc(F)cc1)(Cn1cncn1)C1(Cl)CC1. The number of benzene rings is 1. The first-order chi connectivity index (χ1) is 10.0. The molecule has 0 spiro atoms. The molecule has 0 amide bonds. The van der Waals surface area contributed by atoms with Crippen molar-refractivity contribution in [1.82, 2.24) is 14.8 Å². The Balaban J connectivity index is 1.72. The van der Waals surface area contributed by atoms with Crippen LogP contribution in [-0.4, -0.2) is 37.0 Å². The van der Waals surface area contributed by atoms with E-state index in [1.807, 2.05) is 0 Å². The lowest BCUT2D eigenvalue weighted by atomic mass is 9.98. The minimum Gasteiger partial charge on any atom is -0.490 e. The maximum atomic E-state index is 12.9. The van der Waals surface area contributed by atoms with E-state index in [0.717, 1.165) is 0 Å². The zero-order valence-corrected chi connectivity index (χ0v) is 12.0. The van der Waals surface area contributed by atoms with Crippen LogP contribution in [0, 0.1) is 5.82 Å². The summed E-state index contributed by atoms with van der Waals surface area (Å²) in [6, 6.07) is 5.64. The van der Waals surface area contributed by atoms with Gasteiger partial charge in [0.1, 0.15) is 36.4 Å². The lowest BCUT2D eigenvalue weighted by Crippen LogP contribution is -2.50. The first-order valence-corrected chi connectivity index (χ1v) is 7.01. The summed E-state index contributed by atoms with van der Waals surface area (Å²) in [4.78, 5) is 3.14. The molecule has 1 atom stereocenters. The summed E-state index contributed by atoms with van der Waals surface area (Å²) in [6.07, 6.45) is 4.35. The summed E-state index contributed by atoms with van der Waals surface area (Å²) in [5.74, 6) is 0.144. The van der Waals surface area contributed by atoms with Crippen molar-refractivity contribution in [3.8, 4) is 5.75 Å². The second-order valence-electron chi connectivity index (χ2n) is 5.33. The van der Waals surface area contributed by atoms with E-state index in [9.17, 15) is 9.50 Å². The van der Waals surface area contributed by atoms with Crippen molar-refractivity contribution in [1.29, 1.82) is 0 Å². The van der Waals surface area contributed by atoms with Gasteiger partial charge in [0.25, 0.3) is 0 Å². The number of rotatable bonds is 6. The molecular weight excluding hydrogens is 297 g/mol. The van der Waals surface area contributed by atoms with Gasteiger partial charge in [0.2, 0.25) is 0 Å². The molecule has 21 heavy (non-hydrogen) atoms. The Morgan fingerprint density at radius 2 is 2.10 bits per heavy atom. The fourth-order valence-corrected chi connectivity index (χ4v) is 2.42. The van der Waals surface area contributed by atoms with Gasteiger partial charge in [-0.25, -0.2) is 14.1 Å². The lowest BCUT2D eigenvalue weighted by molar-refractivity contribution is -0.0318. The number of aliphatic hydroxyl groups is 1. The fraction of sp³-hybridized carbons (Fsp3) is 0.429. The first-order valence-electron chi connectivity index (χ1n) is 6.63. The molecule has 0 aliphatic heterocycles. The summed E-state index contributed by atoms with van der Waals surface area (Å²) in [6.45, 7) is 0.194. The quantitative estimate of drug-likeness (QED) is 0.829. The molecule has 1 N–H and O–H groups in total. The van der Waals surface area contributed by atoms with E-state index in [4.69, 9.17) is 16.3 Å². The van der Waals surface area contributed by atoms with Crippen LogP contribution in [0.4, 0.5) is 4.39 Å². The highest BCUT2D eigenvalue weighted by Crippen LogP contribution is 2.51. The van der Waals surface area contributed by atoms with Crippen molar-refractivity contribution in [3.05, 3.63) is 42.7 Å². The Hall–Kier alpha value is -1.66. The van der Waals surface area contributed by atoms with Gasteiger partial charge in [0.15, 0.2) is 0 Å². The van der Waals surface area contributed by atoms with E-state index >= 15 is 0 Å². The maximum Gasteiger partial charge on any atom is 0.137 e. The Kier molecular flexibility index (Phi) is 3.59. The second kappa shape index (κ2) is 5.27. The topological polar surface area (TPSA) is 60.2 Å². The van der Waals surface area contributed by atoms with E-state index in [0.29, 0.717) is 18.6 Å². The summed E-state index contributed by atoms with van der Waals surface area (Å²) in [5.41, 5.74) is -1.27. The van der Waals surface area contributed by atoms with Crippen LogP contribution >= 0.6 is 11.6 Å². The molecule has 0 saturated heterocycles. The maximum absolute atomic E-state index is 12.9. The molecule has 1 saturated carbocycles. The number of halogens is 2. The Morgan fingerprint density at radius 1 is 1.38 bits per heavy atom. The second-order valence-corrected chi connectivity index (χ2v) is 6.06. The predicted octanol–water partition coefficient (Wildman–Crippen LogP) is 2.00. The molecule has 1 fully saturated rings. The van der Waals surface area contributed by atoms with Crippen LogP contribution < -0.4 is 4.74 Å². The Labute approximate surface area is 126 Å². The molecule has 1 aliphatic rings. The third-order valence-electron chi connectivity index (χ3n) is 3.70. The Morgan fingerprint density at radius 3 is 2.67 bits per heavy atom. The van der Waals surface area contributed by atoms with Crippen molar-refractivity contribution >= 4 is 11.6 Å². The minimum absolute atomic E-state index is 0.00198. The van der Waals surface area contributed by atoms with Gasteiger partial charge in [-0.1, -0.05) is 0 Å². The van der Waals surface area contributed by atoms with Crippen LogP contribution in [0.3, 0.4) is 0 Å². The lowest BCUT2D eigenvalue weighted by Gasteiger charge is -2.32. The number of nitrogens with zero attached hydrogens (tertiary/aromatic N) is 3. The fourth-order valence-electron chi connectivity index (χ4n) is 2.21. The minimum atomic E-state index is -1.27. The molecule has 1 heterocycles. The smallest absolute Gasteiger partial charge is 0.137 e. The first kappa shape index (κ1) is 14.3. The summed E-state index contributed by atoms with van der Waals surface area (Å²) < 4.78 is 20.0. The number of alkyl halides is 1. The predicted molar refractivity (Wildman–Crippen MR) is 74.7 cm³/mol. The van der Waals surface area contributed by atoms with Gasteiger partial charge in [-0.15, -0.1) is 11.6 Å². The number of hydrogen-bond donors (Lipinski definition) is 1. The number of aromatic nitrogens is 3. The molecule has 3 rings (SSSR count). The molecule has 5 nitrogen and oxygen atoms in total. The van der Waals surface area contributed by atoms with Gasteiger partial charge >= 0.3 is 0 Å². The van der Waals surface area contributed by atoms with Crippen LogP contribution in [0.15, 0.2) is 36.9 Å². The van der Waals surface area contributed by atoms with Gasteiger partial charge in [0.05, 0.1) is 11.4 Å². The summed E-state index contributed by atoms with van der Waals surface area (Å²) >= 11 is 6.41. The van der Waals surface area contributed by atoms with Crippen LogP contribution in [0.5, 0.6) is 5.75 Å². The highest BCUT2D eigenvalue weighted by Gasteiger charge is 2.58. The molecule has 1 aromatic carbocycles. The van der Waals surface area contributed by atoms with Crippen LogP contribution in [0.2, 0.25) is 0 Å². The normalized spacial score (nSPS) is 19.0. The van der Waals surface area contributed by atoms with E-state index in [1.165, 1.54) is 41.6 Å². The third kappa shape index (κ3) is 3.01. The van der Waals surface area contributed by atoms with E-state index < -0.39 is 10.5 Å². The highest BCUT2D eigenvalue weighted by molar-refractivity contribution is 6.26. The zero-order valence-electron chi connectivity index (χ0n) is 11.2. The van der Waals surface area contributed by atoms with Crippen LogP contribution in [0.1, 0.15) is 12.8 Å². The molecule has 0 radical (unpaired) electrons. The number of ether oxygens (including phenoxy) is 1. The average molecular weight is 312 g/mol. The van der Waals surface area contributed by atoms with Crippen LogP contribution in [0.25, 0.3) is 0 Å². The zero-order chi connectivity index (χ0) is 14.9. The van der Waals surface area contributed by atoms with Gasteiger partial charge in [-0.2, -0.15) is 5.10 Å². The van der Waals surface area contributed by atoms with Gasteiger partial charge in [-0.3, -0.25) is 0 Å². The summed E-state index contributed by atoms with van der Waals surface area (Å²) in [7, 11) is 0. The molecule has 112 valence electrons. The van der Waals surface area contributed by atoms with Crippen molar-refractivity contribution in [2.45, 2.75) is 29.9 Å². The van der Waals surface area contributed by atoms with Crippen molar-refractivity contribution < 1.29 is 14.2 Å². The van der Waals surface area contributed by atoms with Gasteiger partial charge in [-0.05, 0) is 37.1 Å². The Bertz CT molecular complexity index is 601. The molecule has 1 unspecified atom stereocenters. The molecular formula is C14H15ClFN3O2. The van der Waals surface area contributed by atoms with Crippen LogP contribution in [-0.2, 0) is 6.54 Å². The van der Waals surface area contributed by atoms with Crippen molar-refractivity contribution in [3.63, 3.8) is 0 Å². The third-order valence-corrected chi connectivity index (χ3v) is 4.43. The molecule has 2 aromatic rings. The van der Waals surface area contributed by atoms with Crippen molar-refractivity contribution in [2.75, 3.05) is 6.61 Å². The van der Waals surface area contributed by atoms with E-state index in [1.54, 1.807) is 0 Å². The molecule has 1 aromatic heterocycles.